The summed E-state index contributed by atoms with van der Waals surface area (Å²) < 4.78 is 62.5. The first-order chi connectivity index (χ1) is 8.86. The first-order valence-electron chi connectivity index (χ1n) is 6.43. The Morgan fingerprint density at radius 2 is 2.07 bits per heavy atom. The Bertz CT molecular complexity index is 604. The summed E-state index contributed by atoms with van der Waals surface area (Å²) in [5.41, 5.74) is 0.769. The van der Waals surface area contributed by atoms with E-state index in [1.807, 2.05) is 0 Å². The molecule has 1 aromatic carbocycles. The molecule has 0 unspecified atom stereocenters. The zero-order chi connectivity index (χ0) is 15.8. The van der Waals surface area contributed by atoms with Crippen LogP contribution >= 0.6 is 0 Å². The van der Waals surface area contributed by atoms with Gasteiger partial charge in [-0.25, -0.2) is 0 Å². The summed E-state index contributed by atoms with van der Waals surface area (Å²) in [6.45, 7) is -5.05. The SMILES string of the molecule is [2H]C([2H])([2H])C(=O)C([2H])([2H])OS(=O)(=O)c1ccc(C)cc1. The van der Waals surface area contributed by atoms with Crippen molar-refractivity contribution in [2.24, 2.45) is 0 Å². The average Bonchev–Trinajstić information content (AvgIpc) is 2.26. The summed E-state index contributed by atoms with van der Waals surface area (Å²) in [7, 11) is -4.59. The normalized spacial score (nSPS) is 18.1. The van der Waals surface area contributed by atoms with Crippen LogP contribution in [0.4, 0.5) is 0 Å². The van der Waals surface area contributed by atoms with E-state index in [0.29, 0.717) is 0 Å². The molecule has 4 nitrogen and oxygen atoms in total. The van der Waals surface area contributed by atoms with Crippen LogP contribution in [0, 0.1) is 6.92 Å². The number of rotatable bonds is 4. The van der Waals surface area contributed by atoms with E-state index < -0.39 is 29.3 Å². The minimum atomic E-state index is -4.59. The molecule has 0 saturated carbocycles. The molecule has 0 saturated heterocycles. The van der Waals surface area contributed by atoms with Gasteiger partial charge in [0.25, 0.3) is 10.1 Å². The largest absolute Gasteiger partial charge is 0.297 e. The number of Topliss-reactive ketones (excluding diaryl/α,β-unsaturated/α-hetero) is 1. The molecule has 0 radical (unpaired) electrons. The Hall–Kier alpha value is -1.20. The molecule has 15 heavy (non-hydrogen) atoms. The molecule has 1 rings (SSSR count). The predicted molar refractivity (Wildman–Crippen MR) is 55.0 cm³/mol. The second-order valence-electron chi connectivity index (χ2n) is 2.78. The van der Waals surface area contributed by atoms with Crippen molar-refractivity contribution < 1.29 is 24.2 Å². The monoisotopic (exact) mass is 233 g/mol. The van der Waals surface area contributed by atoms with Gasteiger partial charge in [-0.1, -0.05) is 17.7 Å². The summed E-state index contributed by atoms with van der Waals surface area (Å²) in [5, 5.41) is 0. The average molecular weight is 233 g/mol. The highest BCUT2D eigenvalue weighted by atomic mass is 32.2. The molecular formula is C10H12O4S. The van der Waals surface area contributed by atoms with Gasteiger partial charge in [-0.05, 0) is 25.9 Å². The van der Waals surface area contributed by atoms with E-state index in [9.17, 15) is 13.2 Å². The van der Waals surface area contributed by atoms with E-state index in [2.05, 4.69) is 4.18 Å². The molecule has 82 valence electrons. The van der Waals surface area contributed by atoms with E-state index >= 15 is 0 Å². The van der Waals surface area contributed by atoms with Gasteiger partial charge in [0.1, 0.15) is 6.56 Å². The maximum Gasteiger partial charge on any atom is 0.297 e. The molecule has 0 bridgehead atoms. The number of hydrogen-bond donors (Lipinski definition) is 0. The van der Waals surface area contributed by atoms with E-state index in [-0.39, 0.29) is 4.90 Å². The highest BCUT2D eigenvalue weighted by molar-refractivity contribution is 7.86. The van der Waals surface area contributed by atoms with Crippen LogP contribution in [0.2, 0.25) is 0 Å². The second-order valence-corrected chi connectivity index (χ2v) is 4.33. The fourth-order valence-corrected chi connectivity index (χ4v) is 1.60. The molecule has 0 heterocycles. The van der Waals surface area contributed by atoms with Crippen LogP contribution in [0.5, 0.6) is 0 Å². The van der Waals surface area contributed by atoms with Crippen molar-refractivity contribution in [3.05, 3.63) is 29.8 Å². The zero-order valence-corrected chi connectivity index (χ0v) is 8.67. The highest BCUT2D eigenvalue weighted by Crippen LogP contribution is 2.12. The topological polar surface area (TPSA) is 60.4 Å². The third kappa shape index (κ3) is 3.45. The number of carbonyl (C=O) groups excluding carboxylic acids is 1. The Kier molecular flexibility index (Phi) is 1.94. The molecular weight excluding hydrogens is 216 g/mol. The molecule has 1 aromatic rings. The van der Waals surface area contributed by atoms with Crippen molar-refractivity contribution in [3.8, 4) is 0 Å². The van der Waals surface area contributed by atoms with Gasteiger partial charge in [-0.2, -0.15) is 8.42 Å². The van der Waals surface area contributed by atoms with Gasteiger partial charge in [0.15, 0.2) is 5.78 Å². The summed E-state index contributed by atoms with van der Waals surface area (Å²) in [5.74, 6) is -1.93. The van der Waals surface area contributed by atoms with Gasteiger partial charge in [0.2, 0.25) is 0 Å². The minimum Gasteiger partial charge on any atom is -0.297 e. The van der Waals surface area contributed by atoms with Crippen LogP contribution in [-0.2, 0) is 19.1 Å². The van der Waals surface area contributed by atoms with Crippen molar-refractivity contribution in [1.82, 2.24) is 0 Å². The van der Waals surface area contributed by atoms with Crippen LogP contribution in [-0.4, -0.2) is 20.8 Å². The first-order valence-corrected chi connectivity index (χ1v) is 5.34. The maximum atomic E-state index is 11.8. The predicted octanol–water partition coefficient (Wildman–Crippen LogP) is 1.29. The number of hydrogen-bond acceptors (Lipinski definition) is 4. The summed E-state index contributed by atoms with van der Waals surface area (Å²) in [4.78, 5) is 11.0. The molecule has 0 fully saturated rings. The zero-order valence-electron chi connectivity index (χ0n) is 12.9. The fourth-order valence-electron chi connectivity index (χ4n) is 0.846. The lowest BCUT2D eigenvalue weighted by atomic mass is 10.2. The van der Waals surface area contributed by atoms with Crippen molar-refractivity contribution >= 4 is 15.9 Å². The van der Waals surface area contributed by atoms with Gasteiger partial charge >= 0.3 is 0 Å². The Morgan fingerprint density at radius 3 is 2.60 bits per heavy atom. The van der Waals surface area contributed by atoms with Crippen LogP contribution in [0.1, 0.15) is 19.3 Å². The molecule has 0 aliphatic carbocycles. The lowest BCUT2D eigenvalue weighted by Crippen LogP contribution is -2.12. The Labute approximate surface area is 96.0 Å². The van der Waals surface area contributed by atoms with Crippen LogP contribution in [0.15, 0.2) is 29.2 Å². The van der Waals surface area contributed by atoms with E-state index in [1.54, 1.807) is 6.92 Å². The quantitative estimate of drug-likeness (QED) is 0.735. The lowest BCUT2D eigenvalue weighted by Gasteiger charge is -2.03. The molecule has 0 aliphatic heterocycles. The van der Waals surface area contributed by atoms with Crippen LogP contribution < -0.4 is 0 Å². The van der Waals surface area contributed by atoms with Crippen LogP contribution in [0.25, 0.3) is 0 Å². The Balaban J connectivity index is 3.07. The third-order valence-corrected chi connectivity index (χ3v) is 2.71. The standard InChI is InChI=1S/C10H12O4S/c1-8-3-5-10(6-4-8)15(12,13)14-7-9(2)11/h3-6H,7H2,1-2H3/i2D3,7D2. The maximum absolute atomic E-state index is 11.8. The van der Waals surface area contributed by atoms with E-state index in [0.717, 1.165) is 5.56 Å². The van der Waals surface area contributed by atoms with Crippen molar-refractivity contribution in [1.29, 1.82) is 0 Å². The lowest BCUT2D eigenvalue weighted by molar-refractivity contribution is -0.118. The molecule has 0 N–H and O–H groups in total. The molecule has 0 amide bonds. The second kappa shape index (κ2) is 4.55. The summed E-state index contributed by atoms with van der Waals surface area (Å²) in [6, 6.07) is 5.25. The number of carbonyl (C=O) groups is 1. The smallest absolute Gasteiger partial charge is 0.297 e. The highest BCUT2D eigenvalue weighted by Gasteiger charge is 2.15. The third-order valence-electron chi connectivity index (χ3n) is 1.55. The van der Waals surface area contributed by atoms with E-state index in [1.165, 1.54) is 24.3 Å². The number of benzene rings is 1. The molecule has 0 aromatic heterocycles. The van der Waals surface area contributed by atoms with Gasteiger partial charge in [0, 0.05) is 4.11 Å². The fraction of sp³-hybridized carbons (Fsp3) is 0.300. The molecule has 0 aliphatic rings. The van der Waals surface area contributed by atoms with E-state index in [4.69, 9.17) is 6.85 Å². The van der Waals surface area contributed by atoms with Gasteiger partial charge in [0.05, 0.1) is 7.64 Å². The molecule has 0 atom stereocenters. The summed E-state index contributed by atoms with van der Waals surface area (Å²) in [6.07, 6.45) is 0. The molecule has 5 heteroatoms. The van der Waals surface area contributed by atoms with Crippen molar-refractivity contribution in [2.45, 2.75) is 18.7 Å². The summed E-state index contributed by atoms with van der Waals surface area (Å²) >= 11 is 0. The minimum absolute atomic E-state index is 0.370. The number of aryl methyl sites for hydroxylation is 1. The molecule has 0 spiro atoms. The van der Waals surface area contributed by atoms with Crippen molar-refractivity contribution in [2.75, 3.05) is 6.56 Å². The van der Waals surface area contributed by atoms with Gasteiger partial charge in [-0.15, -0.1) is 0 Å². The van der Waals surface area contributed by atoms with Crippen LogP contribution in [0.3, 0.4) is 0 Å². The Morgan fingerprint density at radius 1 is 1.47 bits per heavy atom. The first kappa shape index (κ1) is 6.40. The van der Waals surface area contributed by atoms with Gasteiger partial charge < -0.3 is 0 Å². The van der Waals surface area contributed by atoms with Crippen molar-refractivity contribution in [3.63, 3.8) is 0 Å². The van der Waals surface area contributed by atoms with Gasteiger partial charge in [-0.3, -0.25) is 8.98 Å². The number of ketones is 1.